The van der Waals surface area contributed by atoms with Gasteiger partial charge in [0, 0.05) is 51.4 Å². The van der Waals surface area contributed by atoms with Crippen LogP contribution in [0.5, 0.6) is 0 Å². The zero-order chi connectivity index (χ0) is 17.7. The molecule has 1 saturated heterocycles. The summed E-state index contributed by atoms with van der Waals surface area (Å²) in [5, 5.41) is 0. The largest absolute Gasteiger partial charge is 0.366 e. The Hall–Kier alpha value is -2.41. The van der Waals surface area contributed by atoms with Crippen molar-refractivity contribution in [3.8, 4) is 0 Å². The Morgan fingerprint density at radius 3 is 2.46 bits per heavy atom. The lowest BCUT2D eigenvalue weighted by molar-refractivity contribution is -0.129. The molecule has 3 amide bonds. The van der Waals surface area contributed by atoms with E-state index in [9.17, 15) is 14.4 Å². The molecule has 0 aromatic heterocycles. The van der Waals surface area contributed by atoms with Crippen LogP contribution in [0.1, 0.15) is 27.1 Å². The first kappa shape index (κ1) is 17.9. The molecule has 1 aromatic rings. The molecule has 2 rings (SSSR count). The number of nitrogens with zero attached hydrogens (tertiary/aromatic N) is 3. The number of benzene rings is 1. The van der Waals surface area contributed by atoms with Crippen LogP contribution in [0.4, 0.5) is 0 Å². The second kappa shape index (κ2) is 7.92. The molecule has 0 saturated carbocycles. The highest BCUT2D eigenvalue weighted by molar-refractivity contribution is 5.99. The zero-order valence-corrected chi connectivity index (χ0v) is 14.2. The highest BCUT2D eigenvalue weighted by atomic mass is 16.2. The standard InChI is InChI=1S/C17H24N4O3/c1-19(2)15(22)12-20-7-4-8-21(10-9-20)17(24)14-6-3-5-13(11-14)16(18)23/h3,5-6,11H,4,7-10,12H2,1-2H3,(H2,18,23). The van der Waals surface area contributed by atoms with Crippen LogP contribution in [0.3, 0.4) is 0 Å². The Morgan fingerprint density at radius 2 is 1.79 bits per heavy atom. The van der Waals surface area contributed by atoms with Gasteiger partial charge in [0.1, 0.15) is 0 Å². The van der Waals surface area contributed by atoms with Gasteiger partial charge in [0.25, 0.3) is 5.91 Å². The maximum absolute atomic E-state index is 12.6. The molecule has 7 heteroatoms. The van der Waals surface area contributed by atoms with Gasteiger partial charge in [0.15, 0.2) is 0 Å². The fraction of sp³-hybridized carbons (Fsp3) is 0.471. The van der Waals surface area contributed by atoms with Gasteiger partial charge in [0.2, 0.25) is 11.8 Å². The summed E-state index contributed by atoms with van der Waals surface area (Å²) in [6, 6.07) is 6.47. The SMILES string of the molecule is CN(C)C(=O)CN1CCCN(C(=O)c2cccc(C(N)=O)c2)CC1. The van der Waals surface area contributed by atoms with Crippen molar-refractivity contribution >= 4 is 17.7 Å². The predicted octanol–water partition coefficient (Wildman–Crippen LogP) is 0.0216. The molecule has 0 unspecified atom stereocenters. The second-order valence-electron chi connectivity index (χ2n) is 6.16. The lowest BCUT2D eigenvalue weighted by atomic mass is 10.1. The normalized spacial score (nSPS) is 15.7. The number of hydrogen-bond donors (Lipinski definition) is 1. The summed E-state index contributed by atoms with van der Waals surface area (Å²) in [4.78, 5) is 41.1. The summed E-state index contributed by atoms with van der Waals surface area (Å²) in [5.41, 5.74) is 6.06. The quantitative estimate of drug-likeness (QED) is 0.842. The van der Waals surface area contributed by atoms with Gasteiger partial charge in [0.05, 0.1) is 6.54 Å². The maximum atomic E-state index is 12.6. The Bertz CT molecular complexity index is 630. The fourth-order valence-corrected chi connectivity index (χ4v) is 2.65. The van der Waals surface area contributed by atoms with Crippen molar-refractivity contribution in [3.63, 3.8) is 0 Å². The molecule has 0 aliphatic carbocycles. The van der Waals surface area contributed by atoms with Crippen LogP contribution >= 0.6 is 0 Å². The molecule has 24 heavy (non-hydrogen) atoms. The van der Waals surface area contributed by atoms with Crippen LogP contribution in [0, 0.1) is 0 Å². The van der Waals surface area contributed by atoms with Gasteiger partial charge in [-0.3, -0.25) is 19.3 Å². The van der Waals surface area contributed by atoms with E-state index in [1.165, 1.54) is 6.07 Å². The minimum absolute atomic E-state index is 0.0592. The molecule has 7 nitrogen and oxygen atoms in total. The summed E-state index contributed by atoms with van der Waals surface area (Å²) in [5.74, 6) is -0.600. The van der Waals surface area contributed by atoms with Crippen LogP contribution in [0.25, 0.3) is 0 Å². The van der Waals surface area contributed by atoms with Gasteiger partial charge in [-0.25, -0.2) is 0 Å². The van der Waals surface area contributed by atoms with E-state index in [4.69, 9.17) is 5.73 Å². The van der Waals surface area contributed by atoms with Gasteiger partial charge in [-0.1, -0.05) is 6.07 Å². The van der Waals surface area contributed by atoms with Crippen molar-refractivity contribution in [1.82, 2.24) is 14.7 Å². The van der Waals surface area contributed by atoms with Crippen molar-refractivity contribution in [2.75, 3.05) is 46.8 Å². The van der Waals surface area contributed by atoms with Gasteiger partial charge in [-0.05, 0) is 24.6 Å². The molecule has 0 bridgehead atoms. The average Bonchev–Trinajstić information content (AvgIpc) is 2.79. The number of rotatable bonds is 4. The van der Waals surface area contributed by atoms with Crippen LogP contribution in [-0.4, -0.2) is 79.2 Å². The molecule has 1 fully saturated rings. The van der Waals surface area contributed by atoms with E-state index in [1.807, 2.05) is 0 Å². The van der Waals surface area contributed by atoms with E-state index in [1.54, 1.807) is 42.1 Å². The summed E-state index contributed by atoms with van der Waals surface area (Å²) in [6.45, 7) is 2.99. The number of hydrogen-bond acceptors (Lipinski definition) is 4. The van der Waals surface area contributed by atoms with Gasteiger partial charge < -0.3 is 15.5 Å². The van der Waals surface area contributed by atoms with Crippen molar-refractivity contribution in [2.24, 2.45) is 5.73 Å². The lowest BCUT2D eigenvalue weighted by Crippen LogP contribution is -2.39. The summed E-state index contributed by atoms with van der Waals surface area (Å²) < 4.78 is 0. The van der Waals surface area contributed by atoms with Gasteiger partial charge >= 0.3 is 0 Å². The Morgan fingerprint density at radius 1 is 1.08 bits per heavy atom. The van der Waals surface area contributed by atoms with Crippen molar-refractivity contribution in [2.45, 2.75) is 6.42 Å². The molecule has 0 radical (unpaired) electrons. The van der Waals surface area contributed by atoms with Crippen molar-refractivity contribution < 1.29 is 14.4 Å². The fourth-order valence-electron chi connectivity index (χ4n) is 2.65. The molecule has 1 aliphatic heterocycles. The third-order valence-electron chi connectivity index (χ3n) is 4.13. The highest BCUT2D eigenvalue weighted by Gasteiger charge is 2.22. The maximum Gasteiger partial charge on any atom is 0.253 e. The molecule has 2 N–H and O–H groups in total. The average molecular weight is 332 g/mol. The van der Waals surface area contributed by atoms with E-state index >= 15 is 0 Å². The Labute approximate surface area is 142 Å². The molecule has 0 spiro atoms. The molecule has 1 aromatic carbocycles. The van der Waals surface area contributed by atoms with Crippen LogP contribution in [0.2, 0.25) is 0 Å². The summed E-state index contributed by atoms with van der Waals surface area (Å²) >= 11 is 0. The molecular weight excluding hydrogens is 308 g/mol. The number of likely N-dealkylation sites (N-methyl/N-ethyl adjacent to an activating group) is 1. The van der Waals surface area contributed by atoms with Crippen LogP contribution in [-0.2, 0) is 4.79 Å². The lowest BCUT2D eigenvalue weighted by Gasteiger charge is -2.23. The monoisotopic (exact) mass is 332 g/mol. The molecular formula is C17H24N4O3. The Kier molecular flexibility index (Phi) is 5.92. The van der Waals surface area contributed by atoms with Crippen molar-refractivity contribution in [1.29, 1.82) is 0 Å². The minimum Gasteiger partial charge on any atom is -0.366 e. The molecule has 0 atom stereocenters. The first-order valence-electron chi connectivity index (χ1n) is 8.00. The number of carbonyl (C=O) groups is 3. The predicted molar refractivity (Wildman–Crippen MR) is 90.6 cm³/mol. The van der Waals surface area contributed by atoms with E-state index in [2.05, 4.69) is 4.90 Å². The topological polar surface area (TPSA) is 87.0 Å². The minimum atomic E-state index is -0.547. The highest BCUT2D eigenvalue weighted by Crippen LogP contribution is 2.11. The van der Waals surface area contributed by atoms with Gasteiger partial charge in [-0.15, -0.1) is 0 Å². The first-order valence-corrected chi connectivity index (χ1v) is 8.00. The van der Waals surface area contributed by atoms with Crippen molar-refractivity contribution in [3.05, 3.63) is 35.4 Å². The molecule has 130 valence electrons. The number of carbonyl (C=O) groups excluding carboxylic acids is 3. The third kappa shape index (κ3) is 4.55. The number of nitrogens with two attached hydrogens (primary N) is 1. The van der Waals surface area contributed by atoms with E-state index in [0.717, 1.165) is 13.0 Å². The van der Waals surface area contributed by atoms with E-state index < -0.39 is 5.91 Å². The second-order valence-corrected chi connectivity index (χ2v) is 6.16. The molecule has 1 aliphatic rings. The number of primary amides is 1. The molecule has 1 heterocycles. The van der Waals surface area contributed by atoms with E-state index in [-0.39, 0.29) is 11.8 Å². The summed E-state index contributed by atoms with van der Waals surface area (Å²) in [6.07, 6.45) is 0.807. The zero-order valence-electron chi connectivity index (χ0n) is 14.2. The number of amides is 3. The van der Waals surface area contributed by atoms with Gasteiger partial charge in [-0.2, -0.15) is 0 Å². The van der Waals surface area contributed by atoms with E-state index in [0.29, 0.717) is 37.3 Å². The first-order chi connectivity index (χ1) is 11.4. The Balaban J connectivity index is 2.00. The van der Waals surface area contributed by atoms with Crippen LogP contribution < -0.4 is 5.73 Å². The van der Waals surface area contributed by atoms with Crippen LogP contribution in [0.15, 0.2) is 24.3 Å². The third-order valence-corrected chi connectivity index (χ3v) is 4.13. The smallest absolute Gasteiger partial charge is 0.253 e. The summed E-state index contributed by atoms with van der Waals surface area (Å²) in [7, 11) is 3.48.